The first kappa shape index (κ1) is 17.1. The van der Waals surface area contributed by atoms with Gasteiger partial charge in [0.15, 0.2) is 0 Å². The van der Waals surface area contributed by atoms with Crippen molar-refractivity contribution in [1.82, 2.24) is 10.2 Å². The van der Waals surface area contributed by atoms with E-state index in [9.17, 15) is 9.90 Å². The number of urea groups is 1. The van der Waals surface area contributed by atoms with E-state index < -0.39 is 5.60 Å². The van der Waals surface area contributed by atoms with E-state index in [0.717, 1.165) is 5.56 Å². The Morgan fingerprint density at radius 1 is 1.26 bits per heavy atom. The van der Waals surface area contributed by atoms with Crippen molar-refractivity contribution in [3.63, 3.8) is 0 Å². The third kappa shape index (κ3) is 4.86. The van der Waals surface area contributed by atoms with Crippen LogP contribution < -0.4 is 5.32 Å². The first-order chi connectivity index (χ1) is 10.9. The Balaban J connectivity index is 2.19. The molecule has 5 heteroatoms. The molecular weight excluding hydrogens is 292 g/mol. The molecule has 2 aromatic rings. The molecule has 0 aliphatic carbocycles. The van der Waals surface area contributed by atoms with Crippen LogP contribution in [0.4, 0.5) is 4.79 Å². The van der Waals surface area contributed by atoms with Crippen LogP contribution in [0.3, 0.4) is 0 Å². The van der Waals surface area contributed by atoms with Crippen molar-refractivity contribution in [3.8, 4) is 0 Å². The van der Waals surface area contributed by atoms with E-state index in [1.807, 2.05) is 43.3 Å². The zero-order valence-corrected chi connectivity index (χ0v) is 13.8. The van der Waals surface area contributed by atoms with E-state index in [1.54, 1.807) is 31.1 Å². The maximum Gasteiger partial charge on any atom is 0.318 e. The Morgan fingerprint density at radius 3 is 2.48 bits per heavy atom. The van der Waals surface area contributed by atoms with Gasteiger partial charge in [-0.1, -0.05) is 30.3 Å². The maximum atomic E-state index is 12.6. The number of furan rings is 1. The number of likely N-dealkylation sites (N-methyl/N-ethyl adjacent to an activating group) is 1. The van der Waals surface area contributed by atoms with E-state index in [2.05, 4.69) is 5.32 Å². The highest BCUT2D eigenvalue weighted by atomic mass is 16.3. The van der Waals surface area contributed by atoms with E-state index in [0.29, 0.717) is 12.3 Å². The molecule has 2 rings (SSSR count). The topological polar surface area (TPSA) is 65.7 Å². The lowest BCUT2D eigenvalue weighted by Crippen LogP contribution is -2.47. The minimum absolute atomic E-state index is 0.236. The molecule has 0 bridgehead atoms. The van der Waals surface area contributed by atoms with Gasteiger partial charge in [-0.2, -0.15) is 0 Å². The predicted molar refractivity (Wildman–Crippen MR) is 89.1 cm³/mol. The number of nitrogens with zero attached hydrogens (tertiary/aromatic N) is 1. The fourth-order valence-electron chi connectivity index (χ4n) is 2.43. The summed E-state index contributed by atoms with van der Waals surface area (Å²) >= 11 is 0. The van der Waals surface area contributed by atoms with Crippen LogP contribution in [-0.2, 0) is 0 Å². The van der Waals surface area contributed by atoms with Crippen LogP contribution in [0.2, 0.25) is 0 Å². The van der Waals surface area contributed by atoms with Crippen LogP contribution in [0, 0.1) is 0 Å². The lowest BCUT2D eigenvalue weighted by atomic mass is 10.0. The van der Waals surface area contributed by atoms with Crippen LogP contribution in [0.1, 0.15) is 38.1 Å². The molecule has 0 saturated carbocycles. The van der Waals surface area contributed by atoms with Crippen molar-refractivity contribution in [3.05, 3.63) is 60.1 Å². The van der Waals surface area contributed by atoms with Gasteiger partial charge < -0.3 is 19.7 Å². The van der Waals surface area contributed by atoms with Gasteiger partial charge in [-0.15, -0.1) is 0 Å². The van der Waals surface area contributed by atoms with Gasteiger partial charge >= 0.3 is 6.03 Å². The first-order valence-corrected chi connectivity index (χ1v) is 7.77. The molecule has 124 valence electrons. The molecule has 0 radical (unpaired) electrons. The third-order valence-electron chi connectivity index (χ3n) is 3.48. The number of carbonyl (C=O) groups is 1. The highest BCUT2D eigenvalue weighted by molar-refractivity contribution is 5.75. The molecule has 2 N–H and O–H groups in total. The largest absolute Gasteiger partial charge is 0.467 e. The fraction of sp³-hybridized carbons (Fsp3) is 0.389. The summed E-state index contributed by atoms with van der Waals surface area (Å²) in [6, 6.07) is 12.7. The quantitative estimate of drug-likeness (QED) is 0.860. The average Bonchev–Trinajstić information content (AvgIpc) is 3.04. The molecule has 2 amide bonds. The minimum Gasteiger partial charge on any atom is -0.467 e. The van der Waals surface area contributed by atoms with E-state index in [4.69, 9.17) is 4.42 Å². The molecule has 1 aromatic heterocycles. The normalized spacial score (nSPS) is 12.7. The molecule has 0 aliphatic heterocycles. The second-order valence-corrected chi connectivity index (χ2v) is 6.14. The van der Waals surface area contributed by atoms with Crippen molar-refractivity contribution in [2.45, 2.75) is 32.4 Å². The number of rotatable bonds is 6. The molecule has 0 fully saturated rings. The van der Waals surface area contributed by atoms with Crippen LogP contribution in [0.25, 0.3) is 0 Å². The van der Waals surface area contributed by atoms with Gasteiger partial charge in [0.25, 0.3) is 0 Å². The number of hydrogen-bond donors (Lipinski definition) is 2. The van der Waals surface area contributed by atoms with Gasteiger partial charge in [0.05, 0.1) is 18.4 Å². The van der Waals surface area contributed by atoms with Crippen LogP contribution in [0.15, 0.2) is 53.1 Å². The monoisotopic (exact) mass is 316 g/mol. The molecule has 5 nitrogen and oxygen atoms in total. The SMILES string of the molecule is CCN(CC(C)(C)O)C(=O)NC(c1ccccc1)c1ccco1. The zero-order chi connectivity index (χ0) is 16.9. The molecule has 1 atom stereocenters. The number of amides is 2. The summed E-state index contributed by atoms with van der Waals surface area (Å²) < 4.78 is 5.48. The Morgan fingerprint density at radius 2 is 1.96 bits per heavy atom. The number of benzene rings is 1. The molecule has 0 aliphatic rings. The minimum atomic E-state index is -0.944. The molecule has 0 spiro atoms. The fourth-order valence-corrected chi connectivity index (χ4v) is 2.43. The van der Waals surface area contributed by atoms with Crippen molar-refractivity contribution >= 4 is 6.03 Å². The molecule has 0 saturated heterocycles. The van der Waals surface area contributed by atoms with Crippen molar-refractivity contribution < 1.29 is 14.3 Å². The molecule has 1 unspecified atom stereocenters. The summed E-state index contributed by atoms with van der Waals surface area (Å²) in [6.07, 6.45) is 1.59. The third-order valence-corrected chi connectivity index (χ3v) is 3.48. The standard InChI is InChI=1S/C18H24N2O3/c1-4-20(13-18(2,3)22)17(21)19-16(15-11-8-12-23-15)14-9-6-5-7-10-14/h5-12,16,22H,4,13H2,1-3H3,(H,19,21). The van der Waals surface area contributed by atoms with Gasteiger partial charge in [0.2, 0.25) is 0 Å². The van der Waals surface area contributed by atoms with Crippen LogP contribution in [-0.4, -0.2) is 34.7 Å². The molecule has 23 heavy (non-hydrogen) atoms. The Labute approximate surface area is 136 Å². The number of nitrogens with one attached hydrogen (secondary N) is 1. The maximum absolute atomic E-state index is 12.6. The lowest BCUT2D eigenvalue weighted by Gasteiger charge is -2.30. The van der Waals surface area contributed by atoms with Crippen molar-refractivity contribution in [2.75, 3.05) is 13.1 Å². The summed E-state index contributed by atoms with van der Waals surface area (Å²) in [5.74, 6) is 0.670. The van der Waals surface area contributed by atoms with Crippen molar-refractivity contribution in [2.24, 2.45) is 0 Å². The molecular formula is C18H24N2O3. The van der Waals surface area contributed by atoms with Crippen molar-refractivity contribution in [1.29, 1.82) is 0 Å². The summed E-state index contributed by atoms with van der Waals surface area (Å²) in [5.41, 5.74) is -0.00425. The molecule has 1 aromatic carbocycles. The van der Waals surface area contributed by atoms with E-state index in [-0.39, 0.29) is 18.6 Å². The average molecular weight is 316 g/mol. The number of hydrogen-bond acceptors (Lipinski definition) is 3. The van der Waals surface area contributed by atoms with E-state index in [1.165, 1.54) is 0 Å². The summed E-state index contributed by atoms with van der Waals surface area (Å²) in [5, 5.41) is 13.0. The van der Waals surface area contributed by atoms with Gasteiger partial charge in [-0.05, 0) is 38.5 Å². The van der Waals surface area contributed by atoms with Crippen LogP contribution >= 0.6 is 0 Å². The van der Waals surface area contributed by atoms with Gasteiger partial charge in [0, 0.05) is 6.54 Å². The van der Waals surface area contributed by atoms with Gasteiger partial charge in [0.1, 0.15) is 11.8 Å². The lowest BCUT2D eigenvalue weighted by molar-refractivity contribution is 0.0476. The summed E-state index contributed by atoms with van der Waals surface area (Å²) in [4.78, 5) is 14.2. The Bertz CT molecular complexity index is 603. The summed E-state index contributed by atoms with van der Waals surface area (Å²) in [6.45, 7) is 6.02. The first-order valence-electron chi connectivity index (χ1n) is 7.77. The highest BCUT2D eigenvalue weighted by Crippen LogP contribution is 2.22. The van der Waals surface area contributed by atoms with Crippen LogP contribution in [0.5, 0.6) is 0 Å². The number of aliphatic hydroxyl groups is 1. The zero-order valence-electron chi connectivity index (χ0n) is 13.8. The second kappa shape index (κ2) is 7.33. The Hall–Kier alpha value is -2.27. The van der Waals surface area contributed by atoms with Gasteiger partial charge in [-0.25, -0.2) is 4.79 Å². The molecule has 1 heterocycles. The second-order valence-electron chi connectivity index (χ2n) is 6.14. The highest BCUT2D eigenvalue weighted by Gasteiger charge is 2.25. The smallest absolute Gasteiger partial charge is 0.318 e. The van der Waals surface area contributed by atoms with Gasteiger partial charge in [-0.3, -0.25) is 0 Å². The Kier molecular flexibility index (Phi) is 5.45. The summed E-state index contributed by atoms with van der Waals surface area (Å²) in [7, 11) is 0. The van der Waals surface area contributed by atoms with E-state index >= 15 is 0 Å². The predicted octanol–water partition coefficient (Wildman–Crippen LogP) is 3.17. The number of carbonyl (C=O) groups excluding carboxylic acids is 1.